The van der Waals surface area contributed by atoms with E-state index in [4.69, 9.17) is 10.5 Å². The van der Waals surface area contributed by atoms with E-state index in [1.165, 1.54) is 128 Å². The topological polar surface area (TPSA) is 119 Å². The molecule has 0 aromatic carbocycles. The fraction of sp³-hybridized carbons (Fsp3) is 0.788. The quantitative estimate of drug-likeness (QED) is 0.0320. The lowest BCUT2D eigenvalue weighted by Gasteiger charge is -2.15. The van der Waals surface area contributed by atoms with Gasteiger partial charge in [0.25, 0.3) is 0 Å². The molecule has 59 heavy (non-hydrogen) atoms. The first-order chi connectivity index (χ1) is 28.9. The van der Waals surface area contributed by atoms with Gasteiger partial charge in [-0.15, -0.1) is 0 Å². The van der Waals surface area contributed by atoms with E-state index in [9.17, 15) is 19.5 Å². The molecular formula is C52H94N2O5. The first-order valence-electron chi connectivity index (χ1n) is 25.0. The molecule has 0 aliphatic carbocycles. The zero-order valence-corrected chi connectivity index (χ0v) is 38.6. The van der Waals surface area contributed by atoms with Gasteiger partial charge in [0.2, 0.25) is 5.91 Å². The summed E-state index contributed by atoms with van der Waals surface area (Å²) >= 11 is 0. The van der Waals surface area contributed by atoms with Crippen molar-refractivity contribution in [3.8, 4) is 0 Å². The van der Waals surface area contributed by atoms with Crippen LogP contribution in [0, 0.1) is 0 Å². The van der Waals surface area contributed by atoms with E-state index in [1.54, 1.807) is 0 Å². The Labute approximate surface area is 364 Å². The van der Waals surface area contributed by atoms with Crippen LogP contribution < -0.4 is 11.1 Å². The molecule has 0 aromatic heterocycles. The highest BCUT2D eigenvalue weighted by Crippen LogP contribution is 2.16. The Balaban J connectivity index is 4.17. The van der Waals surface area contributed by atoms with Crippen LogP contribution in [0.3, 0.4) is 0 Å². The predicted molar refractivity (Wildman–Crippen MR) is 253 cm³/mol. The zero-order chi connectivity index (χ0) is 43.1. The third-order valence-electron chi connectivity index (χ3n) is 11.1. The van der Waals surface area contributed by atoms with Gasteiger partial charge in [-0.1, -0.05) is 185 Å². The van der Waals surface area contributed by atoms with Crippen LogP contribution in [0.4, 0.5) is 0 Å². The molecule has 0 heterocycles. The van der Waals surface area contributed by atoms with Crippen molar-refractivity contribution < 1.29 is 24.2 Å². The van der Waals surface area contributed by atoms with Crippen LogP contribution in [0.5, 0.6) is 0 Å². The maximum atomic E-state index is 12.8. The lowest BCUT2D eigenvalue weighted by Crippen LogP contribution is -2.40. The Bertz CT molecular complexity index is 1070. The number of esters is 1. The number of carbonyl (C=O) groups excluding carboxylic acids is 2. The lowest BCUT2D eigenvalue weighted by atomic mass is 10.0. The summed E-state index contributed by atoms with van der Waals surface area (Å²) in [5.41, 5.74) is 5.48. The number of hydrogen-bond donors (Lipinski definition) is 3. The van der Waals surface area contributed by atoms with Gasteiger partial charge in [-0.2, -0.15) is 0 Å². The zero-order valence-electron chi connectivity index (χ0n) is 38.6. The van der Waals surface area contributed by atoms with Crippen LogP contribution in [0.1, 0.15) is 245 Å². The van der Waals surface area contributed by atoms with Crippen molar-refractivity contribution in [2.24, 2.45) is 5.73 Å². The first kappa shape index (κ1) is 56.3. The summed E-state index contributed by atoms with van der Waals surface area (Å²) in [6.07, 6.45) is 57.6. The number of carbonyl (C=O) groups is 3. The van der Waals surface area contributed by atoms with E-state index in [0.29, 0.717) is 32.2 Å². The Morgan fingerprint density at radius 2 is 0.932 bits per heavy atom. The molecular weight excluding hydrogens is 733 g/mol. The third kappa shape index (κ3) is 43.2. The second-order valence-electron chi connectivity index (χ2n) is 16.9. The molecule has 0 rings (SSSR count). The normalized spacial score (nSPS) is 13.0. The van der Waals surface area contributed by atoms with Crippen molar-refractivity contribution in [3.63, 3.8) is 0 Å². The molecule has 0 saturated heterocycles. The third-order valence-corrected chi connectivity index (χ3v) is 11.1. The second kappa shape index (κ2) is 46.4. The maximum Gasteiger partial charge on any atom is 0.326 e. The molecule has 0 spiro atoms. The Morgan fingerprint density at radius 3 is 1.42 bits per heavy atom. The van der Waals surface area contributed by atoms with E-state index in [0.717, 1.165) is 77.0 Å². The molecule has 4 N–H and O–H groups in total. The van der Waals surface area contributed by atoms with Crippen LogP contribution in [-0.2, 0) is 19.1 Å². The number of allylic oxidation sites excluding steroid dienone is 7. The van der Waals surface area contributed by atoms with Crippen molar-refractivity contribution in [1.29, 1.82) is 0 Å². The van der Waals surface area contributed by atoms with Crippen LogP contribution in [0.25, 0.3) is 0 Å². The molecule has 1 amide bonds. The second-order valence-corrected chi connectivity index (χ2v) is 16.9. The summed E-state index contributed by atoms with van der Waals surface area (Å²) in [5, 5.41) is 11.9. The maximum absolute atomic E-state index is 12.8. The number of nitrogens with two attached hydrogens (primary N) is 1. The molecule has 342 valence electrons. The monoisotopic (exact) mass is 827 g/mol. The summed E-state index contributed by atoms with van der Waals surface area (Å²) in [4.78, 5) is 36.4. The van der Waals surface area contributed by atoms with Gasteiger partial charge in [0.15, 0.2) is 0 Å². The molecule has 0 aliphatic heterocycles. The van der Waals surface area contributed by atoms with E-state index in [-0.39, 0.29) is 18.0 Å². The Kier molecular flexibility index (Phi) is 44.3. The predicted octanol–water partition coefficient (Wildman–Crippen LogP) is 14.7. The van der Waals surface area contributed by atoms with Gasteiger partial charge >= 0.3 is 11.9 Å². The van der Waals surface area contributed by atoms with Crippen molar-refractivity contribution in [2.75, 3.05) is 6.54 Å². The Hall–Kier alpha value is -2.67. The fourth-order valence-corrected chi connectivity index (χ4v) is 7.31. The number of carboxylic acids is 1. The van der Waals surface area contributed by atoms with Crippen LogP contribution in [0.15, 0.2) is 48.6 Å². The highest BCUT2D eigenvalue weighted by molar-refractivity contribution is 5.83. The number of nitrogens with one attached hydrogen (secondary N) is 1. The number of rotatable bonds is 45. The summed E-state index contributed by atoms with van der Waals surface area (Å²) < 4.78 is 5.99. The van der Waals surface area contributed by atoms with Crippen molar-refractivity contribution >= 4 is 17.8 Å². The Morgan fingerprint density at radius 1 is 0.508 bits per heavy atom. The van der Waals surface area contributed by atoms with E-state index < -0.39 is 12.0 Å². The summed E-state index contributed by atoms with van der Waals surface area (Å²) in [7, 11) is 0. The van der Waals surface area contributed by atoms with Gasteiger partial charge in [-0.25, -0.2) is 4.79 Å². The van der Waals surface area contributed by atoms with Crippen LogP contribution in [-0.4, -0.2) is 41.6 Å². The molecule has 0 radical (unpaired) electrons. The van der Waals surface area contributed by atoms with Gasteiger partial charge < -0.3 is 20.9 Å². The molecule has 0 aromatic rings. The highest BCUT2D eigenvalue weighted by atomic mass is 16.5. The molecule has 0 saturated carbocycles. The fourth-order valence-electron chi connectivity index (χ4n) is 7.31. The summed E-state index contributed by atoms with van der Waals surface area (Å²) in [6.45, 7) is 4.93. The number of amides is 1. The minimum Gasteiger partial charge on any atom is -0.480 e. The van der Waals surface area contributed by atoms with Gasteiger partial charge in [0, 0.05) is 12.8 Å². The number of aliphatic carboxylic acids is 1. The smallest absolute Gasteiger partial charge is 0.326 e. The van der Waals surface area contributed by atoms with Gasteiger partial charge in [0.1, 0.15) is 12.1 Å². The largest absolute Gasteiger partial charge is 0.480 e. The number of unbranched alkanes of at least 4 members (excludes halogenated alkanes) is 25. The molecule has 2 atom stereocenters. The molecule has 7 heteroatoms. The SMILES string of the molecule is CCCCCCC/C=C\C/C=C\C/C=C\CCCCCCCCCCC(=O)OC(/C=C\CCCCCCCCC)CCCCCCCCC(=O)NC(CCCN)C(=O)O. The number of ether oxygens (including phenoxy) is 1. The average Bonchev–Trinajstić information content (AvgIpc) is 3.22. The molecule has 0 fully saturated rings. The van der Waals surface area contributed by atoms with Crippen LogP contribution >= 0.6 is 0 Å². The molecule has 7 nitrogen and oxygen atoms in total. The molecule has 0 bridgehead atoms. The van der Waals surface area contributed by atoms with E-state index in [2.05, 4.69) is 67.8 Å². The highest BCUT2D eigenvalue weighted by Gasteiger charge is 2.18. The number of carboxylic acid groups (broad SMARTS) is 1. The van der Waals surface area contributed by atoms with Crippen molar-refractivity contribution in [3.05, 3.63) is 48.6 Å². The van der Waals surface area contributed by atoms with E-state index in [1.807, 2.05) is 0 Å². The summed E-state index contributed by atoms with van der Waals surface area (Å²) in [5.74, 6) is -1.27. The van der Waals surface area contributed by atoms with Crippen LogP contribution in [0.2, 0.25) is 0 Å². The van der Waals surface area contributed by atoms with Gasteiger partial charge in [0.05, 0.1) is 0 Å². The van der Waals surface area contributed by atoms with Crippen molar-refractivity contribution in [2.45, 2.75) is 257 Å². The standard InChI is InChI=1S/C52H94N2O5/c1-3-5-7-9-11-13-14-15-16-17-18-19-20-21-22-23-24-25-26-28-30-36-40-46-51(56)59-48(42-37-33-29-27-12-10-8-6-4-2)43-38-34-31-32-35-39-45-50(55)54-49(52(57)58)44-41-47-53/h14-15,17-18,20-21,37,42,48-49H,3-13,16,19,22-36,38-41,43-47,53H2,1-2H3,(H,54,55)(H,57,58)/b15-14-,18-17-,21-20-,42-37-. The minimum atomic E-state index is -1.00. The molecule has 2 unspecified atom stereocenters. The first-order valence-corrected chi connectivity index (χ1v) is 25.0. The molecule has 0 aliphatic rings. The summed E-state index contributed by atoms with van der Waals surface area (Å²) in [6, 6.07) is -0.855. The lowest BCUT2D eigenvalue weighted by molar-refractivity contribution is -0.147. The van der Waals surface area contributed by atoms with Crippen molar-refractivity contribution in [1.82, 2.24) is 5.32 Å². The van der Waals surface area contributed by atoms with E-state index >= 15 is 0 Å². The number of hydrogen-bond acceptors (Lipinski definition) is 5. The average molecular weight is 827 g/mol. The van der Waals surface area contributed by atoms with Gasteiger partial charge in [-0.3, -0.25) is 9.59 Å². The van der Waals surface area contributed by atoms with Gasteiger partial charge in [-0.05, 0) is 103 Å². The minimum absolute atomic E-state index is 0.0640.